The van der Waals surface area contributed by atoms with Crippen LogP contribution < -0.4 is 9.47 Å². The summed E-state index contributed by atoms with van der Waals surface area (Å²) < 4.78 is 11.2. The van der Waals surface area contributed by atoms with Gasteiger partial charge in [0.15, 0.2) is 0 Å². The molecule has 0 saturated carbocycles. The van der Waals surface area contributed by atoms with Crippen molar-refractivity contribution in [2.24, 2.45) is 0 Å². The summed E-state index contributed by atoms with van der Waals surface area (Å²) in [4.78, 5) is 12.2. The van der Waals surface area contributed by atoms with E-state index in [1.807, 2.05) is 42.5 Å². The summed E-state index contributed by atoms with van der Waals surface area (Å²) >= 11 is 3.43. The summed E-state index contributed by atoms with van der Waals surface area (Å²) in [5, 5.41) is 0. The van der Waals surface area contributed by atoms with E-state index >= 15 is 0 Å². The van der Waals surface area contributed by atoms with E-state index in [0.29, 0.717) is 12.8 Å². The predicted octanol–water partition coefficient (Wildman–Crippen LogP) is 3.82. The molecule has 0 N–H and O–H groups in total. The molecule has 0 aliphatic heterocycles. The SMILES string of the molecule is COc1cccc(CC(=O)Cc2ccc(OC)c(Br)c2)c1. The molecule has 0 fully saturated rings. The fourth-order valence-electron chi connectivity index (χ4n) is 2.12. The Bertz CT molecular complexity index is 638. The van der Waals surface area contributed by atoms with Crippen LogP contribution in [0.5, 0.6) is 11.5 Å². The van der Waals surface area contributed by atoms with Crippen LogP contribution in [-0.4, -0.2) is 20.0 Å². The fraction of sp³-hybridized carbons (Fsp3) is 0.235. The number of hydrogen-bond donors (Lipinski definition) is 0. The van der Waals surface area contributed by atoms with E-state index in [-0.39, 0.29) is 5.78 Å². The van der Waals surface area contributed by atoms with Gasteiger partial charge in [0.2, 0.25) is 0 Å². The molecule has 0 bridgehead atoms. The maximum absolute atomic E-state index is 12.2. The van der Waals surface area contributed by atoms with Gasteiger partial charge >= 0.3 is 0 Å². The highest BCUT2D eigenvalue weighted by Gasteiger charge is 2.08. The molecule has 21 heavy (non-hydrogen) atoms. The van der Waals surface area contributed by atoms with E-state index < -0.39 is 0 Å². The molecule has 0 aromatic heterocycles. The second-order valence-corrected chi connectivity index (χ2v) is 5.57. The Balaban J connectivity index is 2.02. The third-order valence-electron chi connectivity index (χ3n) is 3.15. The van der Waals surface area contributed by atoms with Gasteiger partial charge in [-0.3, -0.25) is 4.79 Å². The highest BCUT2D eigenvalue weighted by atomic mass is 79.9. The molecule has 0 saturated heterocycles. The van der Waals surface area contributed by atoms with Crippen LogP contribution in [0, 0.1) is 0 Å². The van der Waals surface area contributed by atoms with Crippen molar-refractivity contribution in [1.82, 2.24) is 0 Å². The van der Waals surface area contributed by atoms with E-state index in [1.165, 1.54) is 0 Å². The van der Waals surface area contributed by atoms with E-state index in [2.05, 4.69) is 15.9 Å². The van der Waals surface area contributed by atoms with E-state index in [9.17, 15) is 4.79 Å². The van der Waals surface area contributed by atoms with Gasteiger partial charge in [-0.2, -0.15) is 0 Å². The smallest absolute Gasteiger partial charge is 0.141 e. The first-order chi connectivity index (χ1) is 10.1. The third-order valence-corrected chi connectivity index (χ3v) is 3.77. The minimum absolute atomic E-state index is 0.167. The summed E-state index contributed by atoms with van der Waals surface area (Å²) in [5.41, 5.74) is 1.93. The summed E-state index contributed by atoms with van der Waals surface area (Å²) in [7, 11) is 3.24. The van der Waals surface area contributed by atoms with Gasteiger partial charge in [0, 0.05) is 12.8 Å². The van der Waals surface area contributed by atoms with Crippen LogP contribution in [0.15, 0.2) is 46.9 Å². The zero-order valence-corrected chi connectivity index (χ0v) is 13.6. The lowest BCUT2D eigenvalue weighted by Crippen LogP contribution is -2.06. The highest BCUT2D eigenvalue weighted by Crippen LogP contribution is 2.26. The number of ketones is 1. The number of benzene rings is 2. The maximum atomic E-state index is 12.2. The molecule has 2 aromatic rings. The number of halogens is 1. The van der Waals surface area contributed by atoms with Crippen LogP contribution in [0.25, 0.3) is 0 Å². The summed E-state index contributed by atoms with van der Waals surface area (Å²) in [5.74, 6) is 1.70. The lowest BCUT2D eigenvalue weighted by molar-refractivity contribution is -0.117. The first-order valence-electron chi connectivity index (χ1n) is 6.59. The van der Waals surface area contributed by atoms with Gasteiger partial charge in [-0.15, -0.1) is 0 Å². The van der Waals surface area contributed by atoms with Crippen LogP contribution in [0.1, 0.15) is 11.1 Å². The molecule has 0 atom stereocenters. The molecule has 0 aliphatic carbocycles. The molecular formula is C17H17BrO3. The lowest BCUT2D eigenvalue weighted by Gasteiger charge is -2.07. The predicted molar refractivity (Wildman–Crippen MR) is 86.1 cm³/mol. The normalized spacial score (nSPS) is 10.2. The number of ether oxygens (including phenoxy) is 2. The van der Waals surface area contributed by atoms with Crippen molar-refractivity contribution in [3.8, 4) is 11.5 Å². The number of carbonyl (C=O) groups is 1. The summed E-state index contributed by atoms with van der Waals surface area (Å²) in [6, 6.07) is 13.3. The first-order valence-corrected chi connectivity index (χ1v) is 7.38. The number of hydrogen-bond acceptors (Lipinski definition) is 3. The molecule has 0 amide bonds. The Hall–Kier alpha value is -1.81. The number of methoxy groups -OCH3 is 2. The minimum atomic E-state index is 0.167. The van der Waals surface area contributed by atoms with Gasteiger partial charge in [-0.1, -0.05) is 18.2 Å². The molecular weight excluding hydrogens is 332 g/mol. The van der Waals surface area contributed by atoms with Crippen molar-refractivity contribution < 1.29 is 14.3 Å². The standard InChI is InChI=1S/C17H17BrO3/c1-20-15-5-3-4-12(10-15)8-14(19)9-13-6-7-17(21-2)16(18)11-13/h3-7,10-11H,8-9H2,1-2H3. The molecule has 0 heterocycles. The van der Waals surface area contributed by atoms with Gasteiger partial charge < -0.3 is 9.47 Å². The van der Waals surface area contributed by atoms with E-state index in [1.54, 1.807) is 14.2 Å². The quantitative estimate of drug-likeness (QED) is 0.795. The number of Topliss-reactive ketones (excluding diaryl/α,β-unsaturated/α-hetero) is 1. The van der Waals surface area contributed by atoms with Gasteiger partial charge in [-0.25, -0.2) is 0 Å². The van der Waals surface area contributed by atoms with Gasteiger partial charge in [-0.05, 0) is 51.3 Å². The molecule has 0 aliphatic rings. The van der Waals surface area contributed by atoms with Crippen molar-refractivity contribution in [3.05, 3.63) is 58.1 Å². The Kier molecular flexibility index (Phi) is 5.39. The molecule has 4 heteroatoms. The van der Waals surface area contributed by atoms with Crippen molar-refractivity contribution in [2.45, 2.75) is 12.8 Å². The number of rotatable bonds is 6. The monoisotopic (exact) mass is 348 g/mol. The molecule has 0 spiro atoms. The van der Waals surface area contributed by atoms with Crippen molar-refractivity contribution in [1.29, 1.82) is 0 Å². The average Bonchev–Trinajstić information content (AvgIpc) is 2.47. The van der Waals surface area contributed by atoms with Crippen molar-refractivity contribution in [2.75, 3.05) is 14.2 Å². The van der Waals surface area contributed by atoms with Crippen LogP contribution in [0.2, 0.25) is 0 Å². The van der Waals surface area contributed by atoms with Crippen LogP contribution >= 0.6 is 15.9 Å². The molecule has 3 nitrogen and oxygen atoms in total. The zero-order valence-electron chi connectivity index (χ0n) is 12.1. The van der Waals surface area contributed by atoms with Gasteiger partial charge in [0.25, 0.3) is 0 Å². The molecule has 2 rings (SSSR count). The Morgan fingerprint density at radius 3 is 2.33 bits per heavy atom. The van der Waals surface area contributed by atoms with Crippen molar-refractivity contribution >= 4 is 21.7 Å². The lowest BCUT2D eigenvalue weighted by atomic mass is 10.0. The second kappa shape index (κ2) is 7.27. The molecule has 2 aromatic carbocycles. The largest absolute Gasteiger partial charge is 0.497 e. The molecule has 110 valence electrons. The van der Waals surface area contributed by atoms with E-state index in [0.717, 1.165) is 27.1 Å². The van der Waals surface area contributed by atoms with Gasteiger partial charge in [0.1, 0.15) is 17.3 Å². The Morgan fingerprint density at radius 2 is 1.71 bits per heavy atom. The van der Waals surface area contributed by atoms with Crippen LogP contribution in [0.3, 0.4) is 0 Å². The highest BCUT2D eigenvalue weighted by molar-refractivity contribution is 9.10. The average molecular weight is 349 g/mol. The third kappa shape index (κ3) is 4.33. The van der Waals surface area contributed by atoms with Gasteiger partial charge in [0.05, 0.1) is 18.7 Å². The second-order valence-electron chi connectivity index (χ2n) is 4.71. The van der Waals surface area contributed by atoms with Crippen LogP contribution in [0.4, 0.5) is 0 Å². The van der Waals surface area contributed by atoms with Crippen LogP contribution in [-0.2, 0) is 17.6 Å². The topological polar surface area (TPSA) is 35.5 Å². The first kappa shape index (κ1) is 15.6. The molecule has 0 unspecified atom stereocenters. The van der Waals surface area contributed by atoms with Crippen molar-refractivity contribution in [3.63, 3.8) is 0 Å². The molecule has 0 radical (unpaired) electrons. The zero-order chi connectivity index (χ0) is 15.2. The summed E-state index contributed by atoms with van der Waals surface area (Å²) in [6.07, 6.45) is 0.806. The Labute approximate surface area is 133 Å². The fourth-order valence-corrected chi connectivity index (χ4v) is 2.71. The summed E-state index contributed by atoms with van der Waals surface area (Å²) in [6.45, 7) is 0. The Morgan fingerprint density at radius 1 is 1.00 bits per heavy atom. The van der Waals surface area contributed by atoms with E-state index in [4.69, 9.17) is 9.47 Å². The minimum Gasteiger partial charge on any atom is -0.497 e. The number of carbonyl (C=O) groups excluding carboxylic acids is 1. The maximum Gasteiger partial charge on any atom is 0.141 e.